The first-order valence-corrected chi connectivity index (χ1v) is 7.01. The second-order valence-corrected chi connectivity index (χ2v) is 4.74. The van der Waals surface area contributed by atoms with Crippen LogP contribution in [0.5, 0.6) is 6.01 Å². The Morgan fingerprint density at radius 1 is 0.818 bits per heavy atom. The Labute approximate surface area is 133 Å². The molecule has 22 heavy (non-hydrogen) atoms. The van der Waals surface area contributed by atoms with Crippen LogP contribution >= 0.6 is 11.6 Å². The second kappa shape index (κ2) is 6.41. The highest BCUT2D eigenvalue weighted by Gasteiger charge is 2.17. The lowest BCUT2D eigenvalue weighted by molar-refractivity contribution is 0.378. The Bertz CT molecular complexity index is 713. The Morgan fingerprint density at radius 2 is 1.36 bits per heavy atom. The fourth-order valence-corrected chi connectivity index (χ4v) is 2.20. The van der Waals surface area contributed by atoms with Crippen molar-refractivity contribution in [3.63, 3.8) is 0 Å². The summed E-state index contributed by atoms with van der Waals surface area (Å²) in [5, 5.41) is 0.0821. The van der Waals surface area contributed by atoms with Crippen molar-refractivity contribution in [2.24, 2.45) is 0 Å². The molecule has 1 aromatic heterocycles. The predicted molar refractivity (Wildman–Crippen MR) is 86.1 cm³/mol. The van der Waals surface area contributed by atoms with Crippen molar-refractivity contribution in [1.82, 2.24) is 15.0 Å². The number of rotatable bonds is 4. The topological polar surface area (TPSA) is 51.1 Å². The first kappa shape index (κ1) is 14.3. The summed E-state index contributed by atoms with van der Waals surface area (Å²) < 4.78 is 5.08. The highest BCUT2D eigenvalue weighted by Crippen LogP contribution is 2.32. The first-order chi connectivity index (χ1) is 10.8. The summed E-state index contributed by atoms with van der Waals surface area (Å²) in [6.45, 7) is 0. The van der Waals surface area contributed by atoms with Crippen LogP contribution < -0.4 is 9.64 Å². The van der Waals surface area contributed by atoms with Crippen molar-refractivity contribution in [3.8, 4) is 6.01 Å². The van der Waals surface area contributed by atoms with E-state index in [2.05, 4.69) is 15.0 Å². The van der Waals surface area contributed by atoms with Gasteiger partial charge in [0, 0.05) is 11.4 Å². The zero-order valence-corrected chi connectivity index (χ0v) is 12.6. The maximum atomic E-state index is 5.98. The molecule has 1 heterocycles. The summed E-state index contributed by atoms with van der Waals surface area (Å²) in [6.07, 6.45) is 0. The van der Waals surface area contributed by atoms with Crippen LogP contribution in [0.4, 0.5) is 17.3 Å². The fraction of sp³-hybridized carbons (Fsp3) is 0.0625. The van der Waals surface area contributed by atoms with Crippen LogP contribution in [-0.2, 0) is 0 Å². The molecule has 0 saturated carbocycles. The average Bonchev–Trinajstić information content (AvgIpc) is 2.56. The summed E-state index contributed by atoms with van der Waals surface area (Å²) in [5.41, 5.74) is 1.83. The summed E-state index contributed by atoms with van der Waals surface area (Å²) in [4.78, 5) is 14.3. The van der Waals surface area contributed by atoms with Crippen molar-refractivity contribution in [3.05, 3.63) is 65.9 Å². The van der Waals surface area contributed by atoms with Gasteiger partial charge < -0.3 is 4.74 Å². The van der Waals surface area contributed by atoms with Gasteiger partial charge in [0.05, 0.1) is 7.11 Å². The largest absolute Gasteiger partial charge is 0.467 e. The van der Waals surface area contributed by atoms with Crippen LogP contribution in [0.3, 0.4) is 0 Å². The third kappa shape index (κ3) is 2.99. The molecule has 3 rings (SSSR count). The number of halogens is 1. The number of hydrogen-bond donors (Lipinski definition) is 0. The third-order valence-corrected chi connectivity index (χ3v) is 3.16. The smallest absolute Gasteiger partial charge is 0.322 e. The van der Waals surface area contributed by atoms with E-state index < -0.39 is 0 Å². The Morgan fingerprint density at radius 3 is 1.86 bits per heavy atom. The van der Waals surface area contributed by atoms with Crippen molar-refractivity contribution in [2.45, 2.75) is 0 Å². The normalized spacial score (nSPS) is 10.3. The van der Waals surface area contributed by atoms with Gasteiger partial charge in [-0.15, -0.1) is 0 Å². The molecule has 3 aromatic rings. The number of aromatic nitrogens is 3. The minimum absolute atomic E-state index is 0.0821. The maximum Gasteiger partial charge on any atom is 0.322 e. The van der Waals surface area contributed by atoms with Crippen molar-refractivity contribution < 1.29 is 4.74 Å². The molecule has 0 spiro atoms. The molecule has 0 unspecified atom stereocenters. The highest BCUT2D eigenvalue weighted by atomic mass is 35.5. The molecule has 0 saturated heterocycles. The molecule has 0 bridgehead atoms. The van der Waals surface area contributed by atoms with Gasteiger partial charge in [0.1, 0.15) is 0 Å². The van der Waals surface area contributed by atoms with Gasteiger partial charge in [0.15, 0.2) is 0 Å². The molecule has 110 valence electrons. The van der Waals surface area contributed by atoms with E-state index in [1.54, 1.807) is 0 Å². The van der Waals surface area contributed by atoms with Crippen molar-refractivity contribution in [2.75, 3.05) is 12.0 Å². The van der Waals surface area contributed by atoms with Crippen LogP contribution in [0.25, 0.3) is 0 Å². The number of anilines is 3. The van der Waals surface area contributed by atoms with Gasteiger partial charge in [-0.1, -0.05) is 36.4 Å². The summed E-state index contributed by atoms with van der Waals surface area (Å²) in [5.74, 6) is 0.397. The quantitative estimate of drug-likeness (QED) is 0.728. The minimum atomic E-state index is 0.0821. The van der Waals surface area contributed by atoms with Crippen LogP contribution in [0.15, 0.2) is 60.7 Å². The molecular weight excluding hydrogens is 300 g/mol. The molecule has 0 atom stereocenters. The van der Waals surface area contributed by atoms with E-state index in [0.29, 0.717) is 5.95 Å². The van der Waals surface area contributed by atoms with Crippen LogP contribution in [-0.4, -0.2) is 22.1 Å². The minimum Gasteiger partial charge on any atom is -0.467 e. The van der Waals surface area contributed by atoms with E-state index in [1.807, 2.05) is 65.6 Å². The molecule has 0 fully saturated rings. The molecule has 0 aliphatic heterocycles. The molecule has 2 aromatic carbocycles. The SMILES string of the molecule is COc1nc(Cl)nc(N(c2ccccc2)c2ccccc2)n1. The Balaban J connectivity index is 2.16. The van der Waals surface area contributed by atoms with Crippen LogP contribution in [0.1, 0.15) is 0 Å². The number of methoxy groups -OCH3 is 1. The predicted octanol–water partition coefficient (Wildman–Crippen LogP) is 4.00. The maximum absolute atomic E-state index is 5.98. The number of ether oxygens (including phenoxy) is 1. The lowest BCUT2D eigenvalue weighted by atomic mass is 10.2. The van der Waals surface area contributed by atoms with E-state index >= 15 is 0 Å². The molecule has 0 amide bonds. The van der Waals surface area contributed by atoms with E-state index in [4.69, 9.17) is 16.3 Å². The molecule has 0 aliphatic carbocycles. The molecule has 0 radical (unpaired) electrons. The van der Waals surface area contributed by atoms with Gasteiger partial charge in [-0.25, -0.2) is 0 Å². The van der Waals surface area contributed by atoms with E-state index in [0.717, 1.165) is 11.4 Å². The van der Waals surface area contributed by atoms with E-state index in [-0.39, 0.29) is 11.3 Å². The lowest BCUT2D eigenvalue weighted by Crippen LogP contribution is -2.14. The van der Waals surface area contributed by atoms with Gasteiger partial charge in [-0.05, 0) is 35.9 Å². The van der Waals surface area contributed by atoms with Crippen molar-refractivity contribution >= 4 is 28.9 Å². The standard InChI is InChI=1S/C16H13ClN4O/c1-22-16-19-14(17)18-15(20-16)21(12-8-4-2-5-9-12)13-10-6-3-7-11-13/h2-11H,1H3. The molecule has 6 heteroatoms. The first-order valence-electron chi connectivity index (χ1n) is 6.64. The second-order valence-electron chi connectivity index (χ2n) is 4.40. The van der Waals surface area contributed by atoms with E-state index in [9.17, 15) is 0 Å². The lowest BCUT2D eigenvalue weighted by Gasteiger charge is -2.22. The van der Waals surface area contributed by atoms with Crippen LogP contribution in [0.2, 0.25) is 5.28 Å². The number of benzene rings is 2. The summed E-state index contributed by atoms with van der Waals surface area (Å²) in [6, 6.07) is 19.8. The summed E-state index contributed by atoms with van der Waals surface area (Å²) in [7, 11) is 1.49. The zero-order chi connectivity index (χ0) is 15.4. The van der Waals surface area contributed by atoms with Crippen LogP contribution in [0, 0.1) is 0 Å². The number of hydrogen-bond acceptors (Lipinski definition) is 5. The van der Waals surface area contributed by atoms with Crippen molar-refractivity contribution in [1.29, 1.82) is 0 Å². The number of nitrogens with zero attached hydrogens (tertiary/aromatic N) is 4. The van der Waals surface area contributed by atoms with Gasteiger partial charge in [0.25, 0.3) is 0 Å². The summed E-state index contributed by atoms with van der Waals surface area (Å²) >= 11 is 5.98. The van der Waals surface area contributed by atoms with Gasteiger partial charge in [-0.2, -0.15) is 15.0 Å². The molecule has 0 aliphatic rings. The Hall–Kier alpha value is -2.66. The molecule has 0 N–H and O–H groups in total. The molecular formula is C16H13ClN4O. The molecule has 5 nitrogen and oxygen atoms in total. The monoisotopic (exact) mass is 312 g/mol. The van der Waals surface area contributed by atoms with Gasteiger partial charge in [0.2, 0.25) is 11.2 Å². The Kier molecular flexibility index (Phi) is 4.16. The van der Waals surface area contributed by atoms with Gasteiger partial charge >= 0.3 is 6.01 Å². The van der Waals surface area contributed by atoms with Gasteiger partial charge in [-0.3, -0.25) is 4.90 Å². The van der Waals surface area contributed by atoms with E-state index in [1.165, 1.54) is 7.11 Å². The number of para-hydroxylation sites is 2. The zero-order valence-electron chi connectivity index (χ0n) is 11.8. The fourth-order valence-electron chi connectivity index (χ4n) is 2.05. The third-order valence-electron chi connectivity index (χ3n) is 2.99. The average molecular weight is 313 g/mol. The highest BCUT2D eigenvalue weighted by molar-refractivity contribution is 6.28.